The van der Waals surface area contributed by atoms with Crippen LogP contribution in [0.25, 0.3) is 10.4 Å². The molecule has 146 valence electrons. The van der Waals surface area contributed by atoms with Crippen molar-refractivity contribution >= 4 is 23.1 Å². The molecule has 0 fully saturated rings. The van der Waals surface area contributed by atoms with E-state index < -0.39 is 0 Å². The predicted octanol–water partition coefficient (Wildman–Crippen LogP) is 4.50. The van der Waals surface area contributed by atoms with E-state index in [9.17, 15) is 0 Å². The van der Waals surface area contributed by atoms with Crippen LogP contribution in [-0.4, -0.2) is 41.9 Å². The molecule has 1 aliphatic heterocycles. The Labute approximate surface area is 173 Å². The Hall–Kier alpha value is -2.09. The van der Waals surface area contributed by atoms with Crippen molar-refractivity contribution in [1.29, 1.82) is 0 Å². The number of hydrogen-bond acceptors (Lipinski definition) is 7. The first-order valence-electron chi connectivity index (χ1n) is 9.12. The van der Waals surface area contributed by atoms with E-state index in [0.29, 0.717) is 0 Å². The minimum atomic E-state index is 0.752. The van der Waals surface area contributed by atoms with Crippen LogP contribution in [0, 0.1) is 0 Å². The second-order valence-corrected chi connectivity index (χ2v) is 8.57. The second kappa shape index (κ2) is 8.51. The van der Waals surface area contributed by atoms with Crippen molar-refractivity contribution in [3.8, 4) is 21.9 Å². The van der Waals surface area contributed by atoms with Gasteiger partial charge in [-0.1, -0.05) is 11.8 Å². The molecule has 0 aliphatic carbocycles. The van der Waals surface area contributed by atoms with Gasteiger partial charge in [0, 0.05) is 47.6 Å². The maximum absolute atomic E-state index is 5.43. The third-order valence-corrected chi connectivity index (χ3v) is 6.56. The van der Waals surface area contributed by atoms with Gasteiger partial charge < -0.3 is 9.47 Å². The van der Waals surface area contributed by atoms with Crippen molar-refractivity contribution in [2.24, 2.45) is 0 Å². The van der Waals surface area contributed by atoms with Crippen LogP contribution >= 0.6 is 23.1 Å². The molecular weight excluding hydrogens is 390 g/mol. The molecule has 0 radical (unpaired) electrons. The maximum atomic E-state index is 5.43. The van der Waals surface area contributed by atoms with Gasteiger partial charge in [-0.2, -0.15) is 0 Å². The number of methoxy groups -OCH3 is 2. The molecule has 3 heterocycles. The lowest BCUT2D eigenvalue weighted by Crippen LogP contribution is -2.30. The summed E-state index contributed by atoms with van der Waals surface area (Å²) in [5, 5.41) is 0.866. The summed E-state index contributed by atoms with van der Waals surface area (Å²) < 4.78 is 10.8. The van der Waals surface area contributed by atoms with Crippen LogP contribution in [0.3, 0.4) is 0 Å². The topological polar surface area (TPSA) is 47.5 Å². The number of benzene rings is 1. The molecule has 4 rings (SSSR count). The molecular formula is C21H23N3O2S2. The number of rotatable bonds is 6. The summed E-state index contributed by atoms with van der Waals surface area (Å²) in [6, 6.07) is 10.5. The molecule has 2 aromatic heterocycles. The Balaban J connectivity index is 1.47. The number of ether oxygens (including phenoxy) is 2. The van der Waals surface area contributed by atoms with E-state index in [1.807, 2.05) is 35.9 Å². The lowest BCUT2D eigenvalue weighted by atomic mass is 10.1. The van der Waals surface area contributed by atoms with Gasteiger partial charge >= 0.3 is 0 Å². The van der Waals surface area contributed by atoms with Gasteiger partial charge in [-0.25, -0.2) is 9.97 Å². The largest absolute Gasteiger partial charge is 0.493 e. The fraction of sp³-hybridized carbons (Fsp3) is 0.333. The summed E-state index contributed by atoms with van der Waals surface area (Å²) in [6.45, 7) is 2.89. The Bertz CT molecular complexity index is 974. The second-order valence-electron chi connectivity index (χ2n) is 6.63. The number of aromatic nitrogens is 2. The molecule has 1 aliphatic rings. The third kappa shape index (κ3) is 4.01. The Morgan fingerprint density at radius 1 is 1.14 bits per heavy atom. The molecule has 0 spiro atoms. The monoisotopic (exact) mass is 413 g/mol. The van der Waals surface area contributed by atoms with Gasteiger partial charge in [0.25, 0.3) is 0 Å². The molecule has 0 saturated heterocycles. The van der Waals surface area contributed by atoms with E-state index >= 15 is 0 Å². The van der Waals surface area contributed by atoms with E-state index in [0.717, 1.165) is 48.3 Å². The smallest absolute Gasteiger partial charge is 0.187 e. The molecule has 5 nitrogen and oxygen atoms in total. The number of thiophene rings is 1. The summed E-state index contributed by atoms with van der Waals surface area (Å²) in [5.41, 5.74) is 3.60. The molecule has 0 N–H and O–H groups in total. The van der Waals surface area contributed by atoms with Gasteiger partial charge in [-0.3, -0.25) is 4.90 Å². The lowest BCUT2D eigenvalue weighted by Gasteiger charge is -2.27. The molecule has 0 bridgehead atoms. The zero-order valence-electron chi connectivity index (χ0n) is 16.3. The van der Waals surface area contributed by atoms with Gasteiger partial charge in [-0.05, 0) is 42.2 Å². The standard InChI is InChI=1S/C21H23N3O2S2/c1-25-18-6-4-14(10-19(18)26-2)20-7-5-16(28-20)13-24-9-8-17-15(12-24)11-22-21(23-17)27-3/h4-7,10-11H,8-9,12-13H2,1-3H3. The first-order valence-corrected chi connectivity index (χ1v) is 11.2. The van der Waals surface area contributed by atoms with Crippen LogP contribution in [0.2, 0.25) is 0 Å². The first kappa shape index (κ1) is 19.2. The number of thioether (sulfide) groups is 1. The Kier molecular flexibility index (Phi) is 5.85. The molecule has 7 heteroatoms. The van der Waals surface area contributed by atoms with Crippen LogP contribution in [-0.2, 0) is 19.5 Å². The van der Waals surface area contributed by atoms with Gasteiger partial charge in [0.2, 0.25) is 0 Å². The Morgan fingerprint density at radius 2 is 2.00 bits per heavy atom. The lowest BCUT2D eigenvalue weighted by molar-refractivity contribution is 0.244. The number of fused-ring (bicyclic) bond motifs is 1. The van der Waals surface area contributed by atoms with Crippen molar-refractivity contribution in [2.45, 2.75) is 24.7 Å². The zero-order valence-corrected chi connectivity index (χ0v) is 17.9. The molecule has 0 atom stereocenters. The van der Waals surface area contributed by atoms with Gasteiger partial charge in [-0.15, -0.1) is 11.3 Å². The van der Waals surface area contributed by atoms with E-state index in [-0.39, 0.29) is 0 Å². The highest BCUT2D eigenvalue weighted by molar-refractivity contribution is 7.98. The van der Waals surface area contributed by atoms with E-state index in [4.69, 9.17) is 9.47 Å². The van der Waals surface area contributed by atoms with Gasteiger partial charge in [0.05, 0.1) is 19.9 Å². The summed E-state index contributed by atoms with van der Waals surface area (Å²) in [7, 11) is 3.33. The van der Waals surface area contributed by atoms with E-state index in [1.165, 1.54) is 21.0 Å². The summed E-state index contributed by atoms with van der Waals surface area (Å²) in [5.74, 6) is 1.51. The van der Waals surface area contributed by atoms with Crippen LogP contribution in [0.4, 0.5) is 0 Å². The minimum Gasteiger partial charge on any atom is -0.493 e. The third-order valence-electron chi connectivity index (χ3n) is 4.88. The van der Waals surface area contributed by atoms with Gasteiger partial charge in [0.15, 0.2) is 16.7 Å². The average Bonchev–Trinajstić information content (AvgIpc) is 3.21. The quantitative estimate of drug-likeness (QED) is 0.438. The average molecular weight is 414 g/mol. The van der Waals surface area contributed by atoms with Crippen molar-refractivity contribution in [2.75, 3.05) is 27.0 Å². The fourth-order valence-corrected chi connectivity index (χ4v) is 4.82. The van der Waals surface area contributed by atoms with E-state index in [1.54, 1.807) is 26.0 Å². The van der Waals surface area contributed by atoms with Crippen molar-refractivity contribution in [3.05, 3.63) is 52.7 Å². The number of nitrogens with zero attached hydrogens (tertiary/aromatic N) is 3. The highest BCUT2D eigenvalue weighted by Crippen LogP contribution is 2.36. The molecule has 28 heavy (non-hydrogen) atoms. The predicted molar refractivity (Wildman–Crippen MR) is 114 cm³/mol. The maximum Gasteiger partial charge on any atom is 0.187 e. The number of hydrogen-bond donors (Lipinski definition) is 0. The highest BCUT2D eigenvalue weighted by Gasteiger charge is 2.19. The van der Waals surface area contributed by atoms with Gasteiger partial charge in [0.1, 0.15) is 0 Å². The minimum absolute atomic E-state index is 0.752. The fourth-order valence-electron chi connectivity index (χ4n) is 3.42. The Morgan fingerprint density at radius 3 is 2.79 bits per heavy atom. The van der Waals surface area contributed by atoms with Crippen LogP contribution in [0.15, 0.2) is 41.7 Å². The van der Waals surface area contributed by atoms with Crippen LogP contribution in [0.1, 0.15) is 16.1 Å². The molecule has 1 aromatic carbocycles. The summed E-state index contributed by atoms with van der Waals surface area (Å²) >= 11 is 3.43. The summed E-state index contributed by atoms with van der Waals surface area (Å²) in [4.78, 5) is 14.1. The molecule has 3 aromatic rings. The van der Waals surface area contributed by atoms with Crippen LogP contribution < -0.4 is 9.47 Å². The van der Waals surface area contributed by atoms with E-state index in [2.05, 4.69) is 33.1 Å². The van der Waals surface area contributed by atoms with Crippen molar-refractivity contribution in [3.63, 3.8) is 0 Å². The highest BCUT2D eigenvalue weighted by atomic mass is 32.2. The molecule has 0 saturated carbocycles. The van der Waals surface area contributed by atoms with Crippen molar-refractivity contribution in [1.82, 2.24) is 14.9 Å². The molecule has 0 unspecified atom stereocenters. The molecule has 0 amide bonds. The SMILES string of the molecule is COc1ccc(-c2ccc(CN3CCc4nc(SC)ncc4C3)s2)cc1OC. The van der Waals surface area contributed by atoms with Crippen molar-refractivity contribution < 1.29 is 9.47 Å². The zero-order chi connectivity index (χ0) is 19.5. The normalized spacial score (nSPS) is 14.0. The first-order chi connectivity index (χ1) is 13.7. The summed E-state index contributed by atoms with van der Waals surface area (Å²) in [6.07, 6.45) is 4.99. The van der Waals surface area contributed by atoms with Crippen LogP contribution in [0.5, 0.6) is 11.5 Å².